The Morgan fingerprint density at radius 2 is 1.90 bits per heavy atom. The van der Waals surface area contributed by atoms with Gasteiger partial charge >= 0.3 is 0 Å². The smallest absolute Gasteiger partial charge is 0.277 e. The molecule has 4 aromatic rings. The van der Waals surface area contributed by atoms with Gasteiger partial charge in [-0.05, 0) is 18.2 Å². The molecule has 0 bridgehead atoms. The molecule has 3 heterocycles. The maximum absolute atomic E-state index is 12.6. The molecule has 0 unspecified atom stereocenters. The van der Waals surface area contributed by atoms with Gasteiger partial charge in [-0.15, -0.1) is 0 Å². The Kier molecular flexibility index (Phi) is 4.71. The average molecular weight is 406 g/mol. The van der Waals surface area contributed by atoms with Gasteiger partial charge in [0.25, 0.3) is 5.91 Å². The van der Waals surface area contributed by atoms with Gasteiger partial charge in [-0.3, -0.25) is 4.79 Å². The summed E-state index contributed by atoms with van der Waals surface area (Å²) in [5.41, 5.74) is 2.73. The summed E-state index contributed by atoms with van der Waals surface area (Å²) in [6.45, 7) is 3.14. The highest BCUT2D eigenvalue weighted by Crippen LogP contribution is 2.31. The lowest BCUT2D eigenvalue weighted by Crippen LogP contribution is -2.36. The molecule has 0 saturated carbocycles. The normalized spacial score (nSPS) is 14.3. The second-order valence-corrected chi connectivity index (χ2v) is 7.68. The first-order valence-electron chi connectivity index (χ1n) is 9.33. The topological polar surface area (TPSA) is 80.5 Å². The van der Waals surface area contributed by atoms with E-state index in [1.807, 2.05) is 48.5 Å². The number of rotatable bonds is 4. The lowest BCUT2D eigenvalue weighted by atomic mass is 10.1. The molecule has 29 heavy (non-hydrogen) atoms. The maximum atomic E-state index is 12.6. The van der Waals surface area contributed by atoms with Crippen LogP contribution in [-0.4, -0.2) is 42.4 Å². The summed E-state index contributed by atoms with van der Waals surface area (Å²) >= 11 is 1.62. The number of morpholine rings is 1. The molecular weight excluding hydrogens is 388 g/mol. The second kappa shape index (κ2) is 7.65. The van der Waals surface area contributed by atoms with Crippen LogP contribution in [0.1, 0.15) is 10.5 Å². The Bertz CT molecular complexity index is 1150. The molecule has 5 rings (SSSR count). The highest BCUT2D eigenvalue weighted by molar-refractivity contribution is 7.22. The fourth-order valence-electron chi connectivity index (χ4n) is 3.20. The minimum atomic E-state index is -0.312. The van der Waals surface area contributed by atoms with E-state index in [4.69, 9.17) is 14.2 Å². The van der Waals surface area contributed by atoms with Crippen LogP contribution in [0.2, 0.25) is 0 Å². The first-order valence-corrected chi connectivity index (χ1v) is 10.1. The average Bonchev–Trinajstić information content (AvgIpc) is 3.42. The van der Waals surface area contributed by atoms with Crippen molar-refractivity contribution in [3.63, 3.8) is 0 Å². The van der Waals surface area contributed by atoms with E-state index in [0.29, 0.717) is 11.4 Å². The molecule has 0 radical (unpaired) electrons. The van der Waals surface area contributed by atoms with E-state index < -0.39 is 0 Å². The summed E-state index contributed by atoms with van der Waals surface area (Å²) in [4.78, 5) is 19.5. The Labute approximate surface area is 170 Å². The summed E-state index contributed by atoms with van der Waals surface area (Å²) in [5.74, 6) is 0.247. The number of amides is 1. The largest absolute Gasteiger partial charge is 0.378 e. The Morgan fingerprint density at radius 1 is 1.07 bits per heavy atom. The molecular formula is C21H18N4O3S. The summed E-state index contributed by atoms with van der Waals surface area (Å²) in [6, 6.07) is 16.9. The van der Waals surface area contributed by atoms with Gasteiger partial charge in [0.2, 0.25) is 0 Å². The third-order valence-electron chi connectivity index (χ3n) is 4.72. The zero-order chi connectivity index (χ0) is 19.6. The number of carbonyl (C=O) groups excluding carboxylic acids is 1. The van der Waals surface area contributed by atoms with E-state index >= 15 is 0 Å². The van der Waals surface area contributed by atoms with Gasteiger partial charge in [0, 0.05) is 30.4 Å². The second-order valence-electron chi connectivity index (χ2n) is 6.67. The number of anilines is 2. The predicted molar refractivity (Wildman–Crippen MR) is 113 cm³/mol. The highest BCUT2D eigenvalue weighted by atomic mass is 32.1. The molecule has 2 aromatic carbocycles. The van der Waals surface area contributed by atoms with E-state index in [1.54, 1.807) is 17.4 Å². The lowest BCUT2D eigenvalue weighted by molar-refractivity contribution is 0.101. The van der Waals surface area contributed by atoms with Gasteiger partial charge in [-0.25, -0.2) is 4.98 Å². The molecule has 7 nitrogen and oxygen atoms in total. The number of benzene rings is 2. The zero-order valence-electron chi connectivity index (χ0n) is 15.5. The van der Waals surface area contributed by atoms with Crippen LogP contribution in [0.25, 0.3) is 21.5 Å². The Morgan fingerprint density at radius 3 is 2.72 bits per heavy atom. The van der Waals surface area contributed by atoms with Gasteiger partial charge in [0.05, 0.1) is 23.4 Å². The molecule has 1 saturated heterocycles. The van der Waals surface area contributed by atoms with Crippen molar-refractivity contribution < 1.29 is 14.1 Å². The summed E-state index contributed by atoms with van der Waals surface area (Å²) in [6.07, 6.45) is 0. The van der Waals surface area contributed by atoms with Crippen molar-refractivity contribution in [2.45, 2.75) is 0 Å². The number of nitrogens with one attached hydrogen (secondary N) is 1. The number of nitrogens with zero attached hydrogens (tertiary/aromatic N) is 3. The van der Waals surface area contributed by atoms with Gasteiger partial charge < -0.3 is 19.5 Å². The van der Waals surface area contributed by atoms with Crippen molar-refractivity contribution in [3.8, 4) is 11.3 Å². The van der Waals surface area contributed by atoms with Crippen LogP contribution in [0, 0.1) is 0 Å². The molecule has 0 spiro atoms. The van der Waals surface area contributed by atoms with Crippen LogP contribution in [0.3, 0.4) is 0 Å². The van der Waals surface area contributed by atoms with Crippen LogP contribution >= 0.6 is 11.3 Å². The number of fused-ring (bicyclic) bond motifs is 1. The molecule has 0 aliphatic carbocycles. The van der Waals surface area contributed by atoms with Crippen molar-refractivity contribution in [2.75, 3.05) is 36.5 Å². The van der Waals surface area contributed by atoms with Crippen LogP contribution in [0.15, 0.2) is 59.1 Å². The molecule has 0 atom stereocenters. The van der Waals surface area contributed by atoms with E-state index in [9.17, 15) is 4.79 Å². The van der Waals surface area contributed by atoms with E-state index in [2.05, 4.69) is 15.4 Å². The lowest BCUT2D eigenvalue weighted by Gasteiger charge is -2.25. The third-order valence-corrected chi connectivity index (χ3v) is 5.80. The number of hydrogen-bond donors (Lipinski definition) is 1. The Hall–Kier alpha value is -3.23. The van der Waals surface area contributed by atoms with Crippen LogP contribution < -0.4 is 10.2 Å². The van der Waals surface area contributed by atoms with Crippen molar-refractivity contribution in [3.05, 3.63) is 60.3 Å². The number of thiazole rings is 1. The SMILES string of the molecule is O=C(Nc1ccc2nc(N3CCOCC3)sc2c1)c1cc(-c2ccccc2)on1. The van der Waals surface area contributed by atoms with Crippen LogP contribution in [0.4, 0.5) is 10.8 Å². The van der Waals surface area contributed by atoms with E-state index in [1.165, 1.54) is 0 Å². The van der Waals surface area contributed by atoms with Crippen molar-refractivity contribution in [1.29, 1.82) is 0 Å². The monoisotopic (exact) mass is 406 g/mol. The third kappa shape index (κ3) is 3.72. The number of carbonyl (C=O) groups is 1. The maximum Gasteiger partial charge on any atom is 0.277 e. The number of hydrogen-bond acceptors (Lipinski definition) is 7. The molecule has 1 N–H and O–H groups in total. The quantitative estimate of drug-likeness (QED) is 0.551. The van der Waals surface area contributed by atoms with Gasteiger partial charge in [-0.1, -0.05) is 46.8 Å². The molecule has 1 fully saturated rings. The van der Waals surface area contributed by atoms with Gasteiger partial charge in [0.1, 0.15) is 0 Å². The van der Waals surface area contributed by atoms with E-state index in [-0.39, 0.29) is 11.6 Å². The standard InChI is InChI=1S/C21H18N4O3S/c26-20(17-13-18(28-24-17)14-4-2-1-3-5-14)22-15-6-7-16-19(12-15)29-21(23-16)25-8-10-27-11-9-25/h1-7,12-13H,8-11H2,(H,22,26). The first kappa shape index (κ1) is 17.8. The molecule has 8 heteroatoms. The van der Waals surface area contributed by atoms with Gasteiger partial charge in [0.15, 0.2) is 16.6 Å². The molecule has 2 aromatic heterocycles. The minimum Gasteiger partial charge on any atom is -0.378 e. The van der Waals surface area contributed by atoms with Crippen LogP contribution in [-0.2, 0) is 4.74 Å². The fraction of sp³-hybridized carbons (Fsp3) is 0.190. The first-order chi connectivity index (χ1) is 14.3. The highest BCUT2D eigenvalue weighted by Gasteiger charge is 2.17. The van der Waals surface area contributed by atoms with Crippen molar-refractivity contribution in [2.24, 2.45) is 0 Å². The van der Waals surface area contributed by atoms with Crippen molar-refractivity contribution in [1.82, 2.24) is 10.1 Å². The Balaban J connectivity index is 1.33. The molecule has 1 amide bonds. The number of ether oxygens (including phenoxy) is 1. The van der Waals surface area contributed by atoms with E-state index in [0.717, 1.165) is 47.2 Å². The predicted octanol–water partition coefficient (Wildman–Crippen LogP) is 4.04. The zero-order valence-corrected chi connectivity index (χ0v) is 16.3. The minimum absolute atomic E-state index is 0.238. The summed E-state index contributed by atoms with van der Waals surface area (Å²) in [5, 5.41) is 7.77. The van der Waals surface area contributed by atoms with Crippen LogP contribution in [0.5, 0.6) is 0 Å². The molecule has 146 valence electrons. The number of aromatic nitrogens is 2. The molecule has 1 aliphatic rings. The fourth-order valence-corrected chi connectivity index (χ4v) is 4.25. The van der Waals surface area contributed by atoms with Crippen molar-refractivity contribution >= 4 is 38.3 Å². The summed E-state index contributed by atoms with van der Waals surface area (Å²) < 4.78 is 11.7. The van der Waals surface area contributed by atoms with Gasteiger partial charge in [-0.2, -0.15) is 0 Å². The summed E-state index contributed by atoms with van der Waals surface area (Å²) in [7, 11) is 0. The molecule has 1 aliphatic heterocycles.